The van der Waals surface area contributed by atoms with Crippen LogP contribution in [0.1, 0.15) is 31.5 Å². The first kappa shape index (κ1) is 14.6. The maximum absolute atomic E-state index is 6.04. The van der Waals surface area contributed by atoms with E-state index >= 15 is 0 Å². The minimum absolute atomic E-state index is 0.537. The third kappa shape index (κ3) is 3.21. The standard InChI is InChI=1S/C15H24ClN3/c1-4-18(5-2)14-6-7-19(11-14)15-8-12(3)17-10-13(15)9-16/h8,10,14H,4-7,9,11H2,1-3H3. The lowest BCUT2D eigenvalue weighted by molar-refractivity contribution is 0.232. The van der Waals surface area contributed by atoms with Crippen LogP contribution in [0.3, 0.4) is 0 Å². The van der Waals surface area contributed by atoms with E-state index in [1.807, 2.05) is 13.1 Å². The van der Waals surface area contributed by atoms with Crippen molar-refractivity contribution in [3.63, 3.8) is 0 Å². The summed E-state index contributed by atoms with van der Waals surface area (Å²) >= 11 is 6.04. The van der Waals surface area contributed by atoms with Crippen molar-refractivity contribution in [3.8, 4) is 0 Å². The third-order valence-electron chi connectivity index (χ3n) is 4.08. The van der Waals surface area contributed by atoms with Gasteiger partial charge in [-0.25, -0.2) is 0 Å². The number of hydrogen-bond acceptors (Lipinski definition) is 3. The zero-order valence-corrected chi connectivity index (χ0v) is 13.0. The summed E-state index contributed by atoms with van der Waals surface area (Å²) in [5, 5.41) is 0. The summed E-state index contributed by atoms with van der Waals surface area (Å²) < 4.78 is 0. The monoisotopic (exact) mass is 281 g/mol. The molecule has 1 atom stereocenters. The average molecular weight is 282 g/mol. The van der Waals surface area contributed by atoms with Crippen LogP contribution in [0.15, 0.2) is 12.3 Å². The van der Waals surface area contributed by atoms with E-state index in [-0.39, 0.29) is 0 Å². The van der Waals surface area contributed by atoms with Crippen molar-refractivity contribution < 1.29 is 0 Å². The lowest BCUT2D eigenvalue weighted by Gasteiger charge is -2.27. The predicted octanol–water partition coefficient (Wildman–Crippen LogP) is 3.05. The largest absolute Gasteiger partial charge is 0.370 e. The van der Waals surface area contributed by atoms with Gasteiger partial charge in [0.2, 0.25) is 0 Å². The molecule has 1 aliphatic heterocycles. The second-order valence-corrected chi connectivity index (χ2v) is 5.47. The van der Waals surface area contributed by atoms with Crippen LogP contribution in [0.4, 0.5) is 5.69 Å². The Morgan fingerprint density at radius 2 is 2.16 bits per heavy atom. The molecule has 1 aromatic heterocycles. The fourth-order valence-electron chi connectivity index (χ4n) is 2.97. The van der Waals surface area contributed by atoms with Gasteiger partial charge in [0, 0.05) is 42.3 Å². The molecule has 106 valence electrons. The van der Waals surface area contributed by atoms with E-state index in [4.69, 9.17) is 11.6 Å². The second kappa shape index (κ2) is 6.58. The normalized spacial score (nSPS) is 19.4. The smallest absolute Gasteiger partial charge is 0.0509 e. The predicted molar refractivity (Wildman–Crippen MR) is 82.1 cm³/mol. The molecule has 3 nitrogen and oxygen atoms in total. The van der Waals surface area contributed by atoms with Gasteiger partial charge in [-0.2, -0.15) is 0 Å². The van der Waals surface area contributed by atoms with Crippen LogP contribution in [-0.2, 0) is 5.88 Å². The number of nitrogens with zero attached hydrogens (tertiary/aromatic N) is 3. The number of aromatic nitrogens is 1. The highest BCUT2D eigenvalue weighted by Crippen LogP contribution is 2.27. The SMILES string of the molecule is CCN(CC)C1CCN(c2cc(C)ncc2CCl)C1. The quantitative estimate of drug-likeness (QED) is 0.774. The highest BCUT2D eigenvalue weighted by atomic mass is 35.5. The molecule has 1 fully saturated rings. The van der Waals surface area contributed by atoms with Gasteiger partial charge in [-0.3, -0.25) is 9.88 Å². The molecule has 1 aliphatic rings. The Balaban J connectivity index is 2.14. The van der Waals surface area contributed by atoms with Crippen LogP contribution in [0, 0.1) is 6.92 Å². The van der Waals surface area contributed by atoms with Crippen molar-refractivity contribution in [1.29, 1.82) is 0 Å². The van der Waals surface area contributed by atoms with Crippen LogP contribution >= 0.6 is 11.6 Å². The summed E-state index contributed by atoms with van der Waals surface area (Å²) in [6.07, 6.45) is 3.16. The van der Waals surface area contributed by atoms with Crippen LogP contribution in [-0.4, -0.2) is 42.1 Å². The third-order valence-corrected chi connectivity index (χ3v) is 4.36. The molecule has 1 aromatic rings. The van der Waals surface area contributed by atoms with Crippen LogP contribution < -0.4 is 4.90 Å². The summed E-state index contributed by atoms with van der Waals surface area (Å²) in [4.78, 5) is 9.36. The Morgan fingerprint density at radius 3 is 2.79 bits per heavy atom. The van der Waals surface area contributed by atoms with Gasteiger partial charge in [-0.05, 0) is 32.5 Å². The molecule has 2 rings (SSSR count). The number of hydrogen-bond donors (Lipinski definition) is 0. The summed E-state index contributed by atoms with van der Waals surface area (Å²) in [6, 6.07) is 2.84. The fraction of sp³-hybridized carbons (Fsp3) is 0.667. The molecule has 4 heteroatoms. The van der Waals surface area contributed by atoms with Crippen LogP contribution in [0.2, 0.25) is 0 Å². The number of rotatable bonds is 5. The van der Waals surface area contributed by atoms with E-state index < -0.39 is 0 Å². The first-order valence-electron chi connectivity index (χ1n) is 7.20. The molecule has 0 saturated carbocycles. The lowest BCUT2D eigenvalue weighted by atomic mass is 10.2. The van der Waals surface area contributed by atoms with Crippen molar-refractivity contribution in [2.24, 2.45) is 0 Å². The number of likely N-dealkylation sites (N-methyl/N-ethyl adjacent to an activating group) is 1. The Kier molecular flexibility index (Phi) is 5.06. The summed E-state index contributed by atoms with van der Waals surface area (Å²) in [5.74, 6) is 0.537. The molecule has 2 heterocycles. The first-order chi connectivity index (χ1) is 9.19. The molecule has 0 aromatic carbocycles. The number of halogens is 1. The first-order valence-corrected chi connectivity index (χ1v) is 7.73. The minimum atomic E-state index is 0.537. The fourth-order valence-corrected chi connectivity index (χ4v) is 3.18. The van der Waals surface area contributed by atoms with Crippen molar-refractivity contribution >= 4 is 17.3 Å². The van der Waals surface area contributed by atoms with Crippen molar-refractivity contribution in [3.05, 3.63) is 23.5 Å². The molecule has 0 N–H and O–H groups in total. The van der Waals surface area contributed by atoms with Crippen LogP contribution in [0.5, 0.6) is 0 Å². The minimum Gasteiger partial charge on any atom is -0.370 e. The zero-order chi connectivity index (χ0) is 13.8. The van der Waals surface area contributed by atoms with E-state index in [2.05, 4.69) is 34.7 Å². The van der Waals surface area contributed by atoms with Crippen LogP contribution in [0.25, 0.3) is 0 Å². The molecule has 1 saturated heterocycles. The Bertz CT molecular complexity index is 418. The molecule has 0 amide bonds. The summed E-state index contributed by atoms with van der Waals surface area (Å²) in [5.41, 5.74) is 3.49. The average Bonchev–Trinajstić information content (AvgIpc) is 2.89. The summed E-state index contributed by atoms with van der Waals surface area (Å²) in [6.45, 7) is 11.0. The molecular weight excluding hydrogens is 258 g/mol. The van der Waals surface area contributed by atoms with Gasteiger partial charge in [0.15, 0.2) is 0 Å². The summed E-state index contributed by atoms with van der Waals surface area (Å²) in [7, 11) is 0. The van der Waals surface area contributed by atoms with Gasteiger partial charge in [0.05, 0.1) is 5.88 Å². The number of alkyl halides is 1. The Labute approximate surface area is 121 Å². The highest BCUT2D eigenvalue weighted by Gasteiger charge is 2.27. The van der Waals surface area contributed by atoms with Gasteiger partial charge in [0.1, 0.15) is 0 Å². The van der Waals surface area contributed by atoms with Gasteiger partial charge < -0.3 is 4.90 Å². The maximum Gasteiger partial charge on any atom is 0.0509 e. The second-order valence-electron chi connectivity index (χ2n) is 5.20. The molecular formula is C15H24ClN3. The number of pyridine rings is 1. The van der Waals surface area contributed by atoms with Gasteiger partial charge >= 0.3 is 0 Å². The molecule has 1 unspecified atom stereocenters. The van der Waals surface area contributed by atoms with E-state index in [0.29, 0.717) is 11.9 Å². The molecule has 0 radical (unpaired) electrons. The van der Waals surface area contributed by atoms with E-state index in [1.165, 1.54) is 12.1 Å². The van der Waals surface area contributed by atoms with Gasteiger partial charge in [-0.1, -0.05) is 13.8 Å². The molecule has 19 heavy (non-hydrogen) atoms. The molecule has 0 aliphatic carbocycles. The van der Waals surface area contributed by atoms with E-state index in [9.17, 15) is 0 Å². The topological polar surface area (TPSA) is 19.4 Å². The number of aryl methyl sites for hydroxylation is 1. The van der Waals surface area contributed by atoms with E-state index in [1.54, 1.807) is 0 Å². The van der Waals surface area contributed by atoms with Gasteiger partial charge in [0.25, 0.3) is 0 Å². The van der Waals surface area contributed by atoms with Crippen molar-refractivity contribution in [2.45, 2.75) is 39.1 Å². The maximum atomic E-state index is 6.04. The highest BCUT2D eigenvalue weighted by molar-refractivity contribution is 6.17. The molecule has 0 spiro atoms. The number of anilines is 1. The van der Waals surface area contributed by atoms with Gasteiger partial charge in [-0.15, -0.1) is 11.6 Å². The Morgan fingerprint density at radius 1 is 1.42 bits per heavy atom. The van der Waals surface area contributed by atoms with Crippen molar-refractivity contribution in [2.75, 3.05) is 31.1 Å². The van der Waals surface area contributed by atoms with E-state index in [0.717, 1.165) is 37.4 Å². The van der Waals surface area contributed by atoms with Crippen molar-refractivity contribution in [1.82, 2.24) is 9.88 Å². The zero-order valence-electron chi connectivity index (χ0n) is 12.2. The molecule has 0 bridgehead atoms. The Hall–Kier alpha value is -0.800. The lowest BCUT2D eigenvalue weighted by Crippen LogP contribution is -2.37.